The van der Waals surface area contributed by atoms with E-state index >= 15 is 0 Å². The lowest BCUT2D eigenvalue weighted by molar-refractivity contribution is 0.0946. The van der Waals surface area contributed by atoms with Crippen molar-refractivity contribution in [2.75, 3.05) is 0 Å². The van der Waals surface area contributed by atoms with Crippen LogP contribution >= 0.6 is 11.3 Å². The molecule has 0 unspecified atom stereocenters. The Balaban J connectivity index is 1.31. The normalized spacial score (nSPS) is 11.3. The van der Waals surface area contributed by atoms with Crippen molar-refractivity contribution >= 4 is 22.2 Å². The number of amides is 1. The van der Waals surface area contributed by atoms with E-state index in [0.717, 1.165) is 26.8 Å². The van der Waals surface area contributed by atoms with E-state index in [9.17, 15) is 9.18 Å². The van der Waals surface area contributed by atoms with Crippen molar-refractivity contribution in [3.8, 4) is 22.7 Å². The summed E-state index contributed by atoms with van der Waals surface area (Å²) < 4.78 is 20.4. The first-order valence-electron chi connectivity index (χ1n) is 9.19. The van der Waals surface area contributed by atoms with Gasteiger partial charge in [-0.25, -0.2) is 9.37 Å². The number of hydrogen-bond donors (Lipinski definition) is 2. The molecule has 0 radical (unpaired) electrons. The zero-order valence-electron chi connectivity index (χ0n) is 15.8. The highest BCUT2D eigenvalue weighted by atomic mass is 32.1. The van der Waals surface area contributed by atoms with Crippen LogP contribution in [-0.4, -0.2) is 25.5 Å². The number of furan rings is 1. The number of nitrogens with zero attached hydrogens (tertiary/aromatic N) is 3. The van der Waals surface area contributed by atoms with Gasteiger partial charge < -0.3 is 9.73 Å². The Morgan fingerprint density at radius 2 is 2.13 bits per heavy atom. The molecule has 0 saturated carbocycles. The Morgan fingerprint density at radius 1 is 1.30 bits per heavy atom. The van der Waals surface area contributed by atoms with Crippen LogP contribution in [0.2, 0.25) is 0 Å². The maximum absolute atomic E-state index is 13.1. The number of carbonyl (C=O) groups is 1. The Kier molecular flexibility index (Phi) is 4.44. The van der Waals surface area contributed by atoms with E-state index in [0.29, 0.717) is 23.7 Å². The summed E-state index contributed by atoms with van der Waals surface area (Å²) in [7, 11) is 0. The summed E-state index contributed by atoms with van der Waals surface area (Å²) in [6.07, 6.45) is 3.48. The standard InChI is InChI=1S/C21H16FN5O2S/c1-12-19(10-23-20(28)16-9-15(25-26-16)18-3-2-8-29-18)30-21-24-17(11-27(12)21)13-4-6-14(22)7-5-13/h2-9,11H,10H2,1H3,(H,23,28)(H,25,26). The van der Waals surface area contributed by atoms with E-state index in [4.69, 9.17) is 4.42 Å². The number of nitrogens with one attached hydrogen (secondary N) is 2. The second-order valence-electron chi connectivity index (χ2n) is 6.72. The fourth-order valence-electron chi connectivity index (χ4n) is 3.16. The molecule has 5 aromatic rings. The number of aromatic nitrogens is 4. The Hall–Kier alpha value is -3.72. The molecule has 0 aliphatic carbocycles. The van der Waals surface area contributed by atoms with Crippen molar-refractivity contribution in [1.82, 2.24) is 24.9 Å². The van der Waals surface area contributed by atoms with Crippen LogP contribution in [0.1, 0.15) is 21.1 Å². The highest BCUT2D eigenvalue weighted by molar-refractivity contribution is 7.17. The predicted octanol–water partition coefficient (Wildman–Crippen LogP) is 4.42. The van der Waals surface area contributed by atoms with Gasteiger partial charge in [0.25, 0.3) is 5.91 Å². The molecule has 0 aliphatic rings. The molecule has 0 bridgehead atoms. The minimum atomic E-state index is -0.276. The highest BCUT2D eigenvalue weighted by Gasteiger charge is 2.16. The Bertz CT molecular complexity index is 1330. The number of fused-ring (bicyclic) bond motifs is 1. The van der Waals surface area contributed by atoms with Gasteiger partial charge in [-0.2, -0.15) is 5.10 Å². The first kappa shape index (κ1) is 18.3. The Morgan fingerprint density at radius 3 is 2.87 bits per heavy atom. The number of aryl methyl sites for hydroxylation is 1. The van der Waals surface area contributed by atoms with E-state index < -0.39 is 0 Å². The van der Waals surface area contributed by atoms with Crippen molar-refractivity contribution in [3.63, 3.8) is 0 Å². The smallest absolute Gasteiger partial charge is 0.272 e. The van der Waals surface area contributed by atoms with E-state index in [1.807, 2.05) is 17.5 Å². The molecule has 150 valence electrons. The van der Waals surface area contributed by atoms with Crippen molar-refractivity contribution in [1.29, 1.82) is 0 Å². The first-order chi connectivity index (χ1) is 14.6. The molecule has 9 heteroatoms. The average Bonchev–Trinajstić information content (AvgIpc) is 3.52. The number of rotatable bonds is 5. The third kappa shape index (κ3) is 3.29. The molecule has 30 heavy (non-hydrogen) atoms. The minimum Gasteiger partial charge on any atom is -0.463 e. The van der Waals surface area contributed by atoms with Gasteiger partial charge in [0.2, 0.25) is 0 Å². The SMILES string of the molecule is Cc1c(CNC(=O)c2cc(-c3ccco3)[nH]n2)sc2nc(-c3ccc(F)cc3)cn12. The third-order valence-electron chi connectivity index (χ3n) is 4.80. The van der Waals surface area contributed by atoms with Gasteiger partial charge in [-0.1, -0.05) is 11.3 Å². The molecular weight excluding hydrogens is 405 g/mol. The van der Waals surface area contributed by atoms with Crippen molar-refractivity contribution in [2.45, 2.75) is 13.5 Å². The summed E-state index contributed by atoms with van der Waals surface area (Å²) in [6.45, 7) is 2.35. The van der Waals surface area contributed by atoms with E-state index in [2.05, 4.69) is 20.5 Å². The van der Waals surface area contributed by atoms with Crippen LogP contribution in [0.25, 0.3) is 27.7 Å². The van der Waals surface area contributed by atoms with Gasteiger partial charge in [-0.15, -0.1) is 0 Å². The third-order valence-corrected chi connectivity index (χ3v) is 5.96. The summed E-state index contributed by atoms with van der Waals surface area (Å²) in [5.41, 5.74) is 3.56. The number of imidazole rings is 1. The maximum Gasteiger partial charge on any atom is 0.272 e. The number of benzene rings is 1. The number of halogens is 1. The monoisotopic (exact) mass is 421 g/mol. The molecule has 5 rings (SSSR count). The van der Waals surface area contributed by atoms with Gasteiger partial charge >= 0.3 is 0 Å². The fourth-order valence-corrected chi connectivity index (χ4v) is 4.21. The molecule has 4 heterocycles. The number of H-pyrrole nitrogens is 1. The molecular formula is C21H16FN5O2S. The maximum atomic E-state index is 13.1. The van der Waals surface area contributed by atoms with Gasteiger partial charge in [0.05, 0.1) is 18.5 Å². The van der Waals surface area contributed by atoms with E-state index in [-0.39, 0.29) is 11.7 Å². The van der Waals surface area contributed by atoms with Crippen molar-refractivity contribution in [3.05, 3.63) is 77.0 Å². The van der Waals surface area contributed by atoms with Crippen LogP contribution in [0.15, 0.2) is 59.3 Å². The summed E-state index contributed by atoms with van der Waals surface area (Å²) in [4.78, 5) is 18.9. The molecule has 1 aromatic carbocycles. The number of hydrogen-bond acceptors (Lipinski definition) is 5. The zero-order chi connectivity index (χ0) is 20.7. The van der Waals surface area contributed by atoms with Crippen LogP contribution in [0.4, 0.5) is 4.39 Å². The lowest BCUT2D eigenvalue weighted by Gasteiger charge is -2.02. The molecule has 2 N–H and O–H groups in total. The Labute approximate surface area is 174 Å². The number of aromatic amines is 1. The van der Waals surface area contributed by atoms with Gasteiger partial charge in [0, 0.05) is 28.4 Å². The molecule has 1 amide bonds. The van der Waals surface area contributed by atoms with Crippen molar-refractivity contribution in [2.24, 2.45) is 0 Å². The minimum absolute atomic E-state index is 0.276. The first-order valence-corrected chi connectivity index (χ1v) is 10.0. The molecule has 0 fully saturated rings. The van der Waals surface area contributed by atoms with Crippen LogP contribution in [0.3, 0.4) is 0 Å². The van der Waals surface area contributed by atoms with Crippen LogP contribution in [-0.2, 0) is 6.54 Å². The second kappa shape index (κ2) is 7.27. The van der Waals surface area contributed by atoms with Gasteiger partial charge in [-0.05, 0) is 43.3 Å². The van der Waals surface area contributed by atoms with Crippen LogP contribution in [0, 0.1) is 12.7 Å². The largest absolute Gasteiger partial charge is 0.463 e. The lowest BCUT2D eigenvalue weighted by Crippen LogP contribution is -2.23. The van der Waals surface area contributed by atoms with Crippen LogP contribution < -0.4 is 5.32 Å². The zero-order valence-corrected chi connectivity index (χ0v) is 16.7. The van der Waals surface area contributed by atoms with Gasteiger partial charge in [0.15, 0.2) is 16.4 Å². The van der Waals surface area contributed by atoms with Gasteiger partial charge in [0.1, 0.15) is 11.5 Å². The highest BCUT2D eigenvalue weighted by Crippen LogP contribution is 2.27. The lowest BCUT2D eigenvalue weighted by atomic mass is 10.2. The molecule has 0 atom stereocenters. The van der Waals surface area contributed by atoms with Crippen LogP contribution in [0.5, 0.6) is 0 Å². The molecule has 0 aliphatic heterocycles. The molecule has 4 aromatic heterocycles. The average molecular weight is 421 g/mol. The molecule has 0 spiro atoms. The topological polar surface area (TPSA) is 88.2 Å². The number of thiazole rings is 1. The predicted molar refractivity (Wildman–Crippen MR) is 111 cm³/mol. The van der Waals surface area contributed by atoms with Gasteiger partial charge in [-0.3, -0.25) is 14.3 Å². The summed E-state index contributed by atoms with van der Waals surface area (Å²) in [5.74, 6) is 0.0671. The summed E-state index contributed by atoms with van der Waals surface area (Å²) in [6, 6.07) is 11.5. The van der Waals surface area contributed by atoms with E-state index in [1.54, 1.807) is 36.6 Å². The van der Waals surface area contributed by atoms with E-state index in [1.165, 1.54) is 23.5 Å². The number of carbonyl (C=O) groups excluding carboxylic acids is 1. The molecule has 0 saturated heterocycles. The summed E-state index contributed by atoms with van der Waals surface area (Å²) in [5, 5.41) is 9.75. The molecule has 7 nitrogen and oxygen atoms in total. The fraction of sp³-hybridized carbons (Fsp3) is 0.0952. The second-order valence-corrected chi connectivity index (χ2v) is 7.79. The quantitative estimate of drug-likeness (QED) is 0.440. The summed E-state index contributed by atoms with van der Waals surface area (Å²) >= 11 is 1.50. The van der Waals surface area contributed by atoms with Crippen molar-refractivity contribution < 1.29 is 13.6 Å².